The van der Waals surface area contributed by atoms with Crippen LogP contribution in [0.15, 0.2) is 12.1 Å². The molecule has 0 fully saturated rings. The van der Waals surface area contributed by atoms with Gasteiger partial charge in [0.05, 0.1) is 0 Å². The highest BCUT2D eigenvalue weighted by Gasteiger charge is 2.10. The molecule has 1 heterocycles. The fraction of sp³-hybridized carbons (Fsp3) is 0.500. The van der Waals surface area contributed by atoms with Crippen LogP contribution in [0.2, 0.25) is 0 Å². The standard InChI is InChI=1S/C14H20N2/c1-5-7-14(15-8-6-2)13-9-11(3)16-12(4)10-13/h1,9-10,14-15H,6-8H2,2-4H3. The number of aromatic nitrogens is 1. The molecular weight excluding hydrogens is 196 g/mol. The van der Waals surface area contributed by atoms with E-state index in [1.165, 1.54) is 5.56 Å². The number of nitrogens with zero attached hydrogens (tertiary/aromatic N) is 1. The molecule has 0 bridgehead atoms. The van der Waals surface area contributed by atoms with Gasteiger partial charge in [0.2, 0.25) is 0 Å². The van der Waals surface area contributed by atoms with Crippen molar-refractivity contribution >= 4 is 0 Å². The molecule has 1 N–H and O–H groups in total. The van der Waals surface area contributed by atoms with Gasteiger partial charge in [-0.3, -0.25) is 4.98 Å². The van der Waals surface area contributed by atoms with E-state index in [9.17, 15) is 0 Å². The number of aryl methyl sites for hydroxylation is 2. The van der Waals surface area contributed by atoms with Crippen LogP contribution in [0, 0.1) is 26.2 Å². The Kier molecular flexibility index (Phi) is 5.01. The summed E-state index contributed by atoms with van der Waals surface area (Å²) in [5, 5.41) is 3.47. The number of nitrogens with one attached hydrogen (secondary N) is 1. The van der Waals surface area contributed by atoms with E-state index in [0.717, 1.165) is 30.8 Å². The van der Waals surface area contributed by atoms with Crippen LogP contribution in [0.1, 0.15) is 42.8 Å². The Labute approximate surface area is 98.5 Å². The fourth-order valence-electron chi connectivity index (χ4n) is 1.81. The second-order valence-electron chi connectivity index (χ2n) is 4.10. The van der Waals surface area contributed by atoms with Crippen molar-refractivity contribution in [2.75, 3.05) is 6.54 Å². The van der Waals surface area contributed by atoms with Gasteiger partial charge in [-0.05, 0) is 44.5 Å². The fourth-order valence-corrected chi connectivity index (χ4v) is 1.81. The predicted molar refractivity (Wildman–Crippen MR) is 68.2 cm³/mol. The lowest BCUT2D eigenvalue weighted by Crippen LogP contribution is -2.22. The maximum atomic E-state index is 5.41. The maximum Gasteiger partial charge on any atom is 0.0432 e. The van der Waals surface area contributed by atoms with Gasteiger partial charge in [-0.15, -0.1) is 12.3 Å². The third-order valence-corrected chi connectivity index (χ3v) is 2.47. The Hall–Kier alpha value is -1.33. The number of hydrogen-bond donors (Lipinski definition) is 1. The lowest BCUT2D eigenvalue weighted by Gasteiger charge is -2.17. The largest absolute Gasteiger partial charge is 0.309 e. The van der Waals surface area contributed by atoms with Gasteiger partial charge in [0, 0.05) is 23.9 Å². The summed E-state index contributed by atoms with van der Waals surface area (Å²) in [6.45, 7) is 7.18. The van der Waals surface area contributed by atoms with Crippen molar-refractivity contribution < 1.29 is 0 Å². The summed E-state index contributed by atoms with van der Waals surface area (Å²) in [5.41, 5.74) is 3.35. The van der Waals surface area contributed by atoms with Crippen LogP contribution in [0.3, 0.4) is 0 Å². The summed E-state index contributed by atoms with van der Waals surface area (Å²) in [7, 11) is 0. The highest BCUT2D eigenvalue weighted by molar-refractivity contribution is 5.24. The predicted octanol–water partition coefficient (Wildman–Crippen LogP) is 2.76. The van der Waals surface area contributed by atoms with Crippen LogP contribution >= 0.6 is 0 Å². The van der Waals surface area contributed by atoms with Crippen molar-refractivity contribution in [1.82, 2.24) is 10.3 Å². The molecule has 1 rings (SSSR count). The normalized spacial score (nSPS) is 12.1. The summed E-state index contributed by atoms with van der Waals surface area (Å²) >= 11 is 0. The molecule has 0 aromatic carbocycles. The highest BCUT2D eigenvalue weighted by atomic mass is 14.9. The van der Waals surface area contributed by atoms with Gasteiger partial charge in [0.25, 0.3) is 0 Å². The van der Waals surface area contributed by atoms with E-state index >= 15 is 0 Å². The first kappa shape index (κ1) is 12.7. The van der Waals surface area contributed by atoms with E-state index in [1.54, 1.807) is 0 Å². The summed E-state index contributed by atoms with van der Waals surface area (Å²) < 4.78 is 0. The molecule has 0 aliphatic rings. The van der Waals surface area contributed by atoms with Gasteiger partial charge < -0.3 is 5.32 Å². The summed E-state index contributed by atoms with van der Waals surface area (Å²) in [6.07, 6.45) is 7.25. The molecule has 2 heteroatoms. The van der Waals surface area contributed by atoms with Gasteiger partial charge in [-0.25, -0.2) is 0 Å². The minimum atomic E-state index is 0.255. The summed E-state index contributed by atoms with van der Waals surface area (Å²) in [5.74, 6) is 2.73. The molecular formula is C14H20N2. The summed E-state index contributed by atoms with van der Waals surface area (Å²) in [6, 6.07) is 4.47. The molecule has 16 heavy (non-hydrogen) atoms. The van der Waals surface area contributed by atoms with E-state index < -0.39 is 0 Å². The molecule has 0 aliphatic carbocycles. The Morgan fingerprint density at radius 1 is 1.38 bits per heavy atom. The summed E-state index contributed by atoms with van der Waals surface area (Å²) in [4.78, 5) is 4.38. The van der Waals surface area contributed by atoms with E-state index in [-0.39, 0.29) is 6.04 Å². The molecule has 0 amide bonds. The van der Waals surface area contributed by atoms with Gasteiger partial charge in [-0.2, -0.15) is 0 Å². The van der Waals surface area contributed by atoms with E-state index in [1.807, 2.05) is 13.8 Å². The van der Waals surface area contributed by atoms with Crippen molar-refractivity contribution in [3.63, 3.8) is 0 Å². The Morgan fingerprint density at radius 2 is 2.00 bits per heavy atom. The SMILES string of the molecule is C#CCC(NCCC)c1cc(C)nc(C)c1. The highest BCUT2D eigenvalue weighted by Crippen LogP contribution is 2.18. The molecule has 0 saturated heterocycles. The zero-order chi connectivity index (χ0) is 12.0. The van der Waals surface area contributed by atoms with Crippen molar-refractivity contribution in [1.29, 1.82) is 0 Å². The molecule has 2 nitrogen and oxygen atoms in total. The van der Waals surface area contributed by atoms with E-state index in [0.29, 0.717) is 0 Å². The molecule has 86 valence electrons. The van der Waals surface area contributed by atoms with Crippen LogP contribution in [0.4, 0.5) is 0 Å². The minimum Gasteiger partial charge on any atom is -0.309 e. The molecule has 1 aromatic heterocycles. The zero-order valence-electron chi connectivity index (χ0n) is 10.4. The smallest absolute Gasteiger partial charge is 0.0432 e. The molecule has 0 spiro atoms. The molecule has 0 aliphatic heterocycles. The first-order chi connectivity index (χ1) is 7.67. The second-order valence-corrected chi connectivity index (χ2v) is 4.10. The van der Waals surface area contributed by atoms with E-state index in [4.69, 9.17) is 6.42 Å². The lowest BCUT2D eigenvalue weighted by molar-refractivity contribution is 0.541. The average Bonchev–Trinajstić information content (AvgIpc) is 2.22. The quantitative estimate of drug-likeness (QED) is 0.766. The number of pyridine rings is 1. The van der Waals surface area contributed by atoms with Crippen LogP contribution in [0.5, 0.6) is 0 Å². The van der Waals surface area contributed by atoms with E-state index in [2.05, 4.69) is 35.3 Å². The topological polar surface area (TPSA) is 24.9 Å². The molecule has 0 radical (unpaired) electrons. The molecule has 1 atom stereocenters. The van der Waals surface area contributed by atoms with Crippen LogP contribution < -0.4 is 5.32 Å². The third kappa shape index (κ3) is 3.67. The maximum absolute atomic E-state index is 5.41. The number of terminal acetylenes is 1. The number of rotatable bonds is 5. The third-order valence-electron chi connectivity index (χ3n) is 2.47. The first-order valence-electron chi connectivity index (χ1n) is 5.79. The molecule has 0 saturated carbocycles. The van der Waals surface area contributed by atoms with Gasteiger partial charge in [-0.1, -0.05) is 6.92 Å². The Bertz CT molecular complexity index is 357. The molecule has 1 unspecified atom stereocenters. The minimum absolute atomic E-state index is 0.255. The van der Waals surface area contributed by atoms with Gasteiger partial charge >= 0.3 is 0 Å². The first-order valence-corrected chi connectivity index (χ1v) is 5.79. The van der Waals surface area contributed by atoms with Crippen LogP contribution in [-0.2, 0) is 0 Å². The van der Waals surface area contributed by atoms with Gasteiger partial charge in [0.1, 0.15) is 0 Å². The van der Waals surface area contributed by atoms with Crippen molar-refractivity contribution in [3.05, 3.63) is 29.1 Å². The average molecular weight is 216 g/mol. The molecule has 1 aromatic rings. The lowest BCUT2D eigenvalue weighted by atomic mass is 10.0. The van der Waals surface area contributed by atoms with Gasteiger partial charge in [0.15, 0.2) is 0 Å². The van der Waals surface area contributed by atoms with Crippen molar-refractivity contribution in [3.8, 4) is 12.3 Å². The Morgan fingerprint density at radius 3 is 2.50 bits per heavy atom. The second kappa shape index (κ2) is 6.30. The van der Waals surface area contributed by atoms with Crippen molar-refractivity contribution in [2.45, 2.75) is 39.7 Å². The van der Waals surface area contributed by atoms with Crippen LogP contribution in [0.25, 0.3) is 0 Å². The Balaban J connectivity index is 2.87. The van der Waals surface area contributed by atoms with Crippen LogP contribution in [-0.4, -0.2) is 11.5 Å². The number of hydrogen-bond acceptors (Lipinski definition) is 2. The monoisotopic (exact) mass is 216 g/mol. The zero-order valence-corrected chi connectivity index (χ0v) is 10.4. The van der Waals surface area contributed by atoms with Crippen molar-refractivity contribution in [2.24, 2.45) is 0 Å².